The Hall–Kier alpha value is -2.05. The summed E-state index contributed by atoms with van der Waals surface area (Å²) >= 11 is 0. The van der Waals surface area contributed by atoms with E-state index in [2.05, 4.69) is 5.32 Å². The summed E-state index contributed by atoms with van der Waals surface area (Å²) in [7, 11) is 0. The van der Waals surface area contributed by atoms with Gasteiger partial charge in [0.15, 0.2) is 0 Å². The minimum atomic E-state index is -4.63. The van der Waals surface area contributed by atoms with E-state index in [1.54, 1.807) is 0 Å². The zero-order valence-electron chi connectivity index (χ0n) is 10.8. The number of hydrogen-bond acceptors (Lipinski definition) is 2. The summed E-state index contributed by atoms with van der Waals surface area (Å²) in [4.78, 5) is 22.5. The monoisotopic (exact) mass is 289 g/mol. The third kappa shape index (κ3) is 4.25. The van der Waals surface area contributed by atoms with E-state index < -0.39 is 29.2 Å². The predicted octanol–water partition coefficient (Wildman–Crippen LogP) is 3.53. The number of rotatable bonds is 5. The van der Waals surface area contributed by atoms with E-state index in [0.29, 0.717) is 12.5 Å². The second-order valence-corrected chi connectivity index (χ2v) is 4.22. The highest BCUT2D eigenvalue weighted by Gasteiger charge is 2.31. The standard InChI is InChI=1S/C13H14F3NO3/c1-2-3-4-11(18)17-10-6-5-8(13(14,15)16)7-9(10)12(19)20/h5-7H,2-4H2,1H3,(H,17,18)(H,19,20). The van der Waals surface area contributed by atoms with Crippen LogP contribution in [-0.2, 0) is 11.0 Å². The Morgan fingerprint density at radius 2 is 1.95 bits per heavy atom. The van der Waals surface area contributed by atoms with Crippen LogP contribution in [0.3, 0.4) is 0 Å². The first-order valence-electron chi connectivity index (χ1n) is 6.00. The number of carboxylic acids is 1. The molecule has 0 fully saturated rings. The number of amides is 1. The van der Waals surface area contributed by atoms with Crippen molar-refractivity contribution in [2.75, 3.05) is 5.32 Å². The zero-order chi connectivity index (χ0) is 15.3. The van der Waals surface area contributed by atoms with E-state index in [1.807, 2.05) is 6.92 Å². The molecular weight excluding hydrogens is 275 g/mol. The number of hydrogen-bond donors (Lipinski definition) is 2. The lowest BCUT2D eigenvalue weighted by Crippen LogP contribution is -2.15. The molecule has 0 radical (unpaired) electrons. The van der Waals surface area contributed by atoms with Gasteiger partial charge in [-0.3, -0.25) is 4.79 Å². The smallest absolute Gasteiger partial charge is 0.416 e. The summed E-state index contributed by atoms with van der Waals surface area (Å²) in [6.45, 7) is 1.88. The maximum atomic E-state index is 12.5. The Labute approximate surface area is 113 Å². The number of carbonyl (C=O) groups is 2. The first-order chi connectivity index (χ1) is 9.25. The van der Waals surface area contributed by atoms with Crippen LogP contribution in [0.25, 0.3) is 0 Å². The highest BCUT2D eigenvalue weighted by Crippen LogP contribution is 2.32. The molecule has 0 aliphatic heterocycles. The molecule has 0 aliphatic rings. The lowest BCUT2D eigenvalue weighted by molar-refractivity contribution is -0.137. The van der Waals surface area contributed by atoms with E-state index in [-0.39, 0.29) is 12.1 Å². The lowest BCUT2D eigenvalue weighted by atomic mass is 10.1. The number of carboxylic acid groups (broad SMARTS) is 1. The summed E-state index contributed by atoms with van der Waals surface area (Å²) in [5, 5.41) is 11.2. The van der Waals surface area contributed by atoms with E-state index >= 15 is 0 Å². The average molecular weight is 289 g/mol. The van der Waals surface area contributed by atoms with Gasteiger partial charge in [0.25, 0.3) is 0 Å². The third-order valence-electron chi connectivity index (χ3n) is 2.61. The number of nitrogens with one attached hydrogen (secondary N) is 1. The first kappa shape index (κ1) is 16.0. The average Bonchev–Trinajstić information content (AvgIpc) is 2.35. The Morgan fingerprint density at radius 1 is 1.30 bits per heavy atom. The minimum Gasteiger partial charge on any atom is -0.478 e. The van der Waals surface area contributed by atoms with Gasteiger partial charge in [0.2, 0.25) is 5.91 Å². The highest BCUT2D eigenvalue weighted by atomic mass is 19.4. The van der Waals surface area contributed by atoms with Gasteiger partial charge in [-0.15, -0.1) is 0 Å². The number of alkyl halides is 3. The number of aromatic carboxylic acids is 1. The molecule has 7 heteroatoms. The molecule has 0 spiro atoms. The summed E-state index contributed by atoms with van der Waals surface area (Å²) in [6.07, 6.45) is -3.04. The molecule has 4 nitrogen and oxygen atoms in total. The molecule has 1 aromatic rings. The van der Waals surface area contributed by atoms with Gasteiger partial charge in [0, 0.05) is 6.42 Å². The van der Waals surface area contributed by atoms with Crippen molar-refractivity contribution < 1.29 is 27.9 Å². The summed E-state index contributed by atoms with van der Waals surface area (Å²) in [6, 6.07) is 2.20. The van der Waals surface area contributed by atoms with Crippen LogP contribution in [-0.4, -0.2) is 17.0 Å². The molecule has 1 rings (SSSR count). The van der Waals surface area contributed by atoms with Gasteiger partial charge in [0.05, 0.1) is 16.8 Å². The quantitative estimate of drug-likeness (QED) is 0.871. The van der Waals surface area contributed by atoms with E-state index in [1.165, 1.54) is 0 Å². The van der Waals surface area contributed by atoms with Crippen LogP contribution in [0.5, 0.6) is 0 Å². The predicted molar refractivity (Wildman–Crippen MR) is 66.6 cm³/mol. The molecule has 0 unspecified atom stereocenters. The van der Waals surface area contributed by atoms with Gasteiger partial charge in [-0.1, -0.05) is 13.3 Å². The SMILES string of the molecule is CCCCC(=O)Nc1ccc(C(F)(F)F)cc1C(=O)O. The maximum absolute atomic E-state index is 12.5. The van der Waals surface area contributed by atoms with Crippen molar-refractivity contribution in [2.45, 2.75) is 32.4 Å². The number of halogens is 3. The van der Waals surface area contributed by atoms with Crippen LogP contribution in [0.15, 0.2) is 18.2 Å². The molecule has 2 N–H and O–H groups in total. The Balaban J connectivity index is 3.02. The Kier molecular flexibility index (Phi) is 5.12. The molecule has 110 valence electrons. The second kappa shape index (κ2) is 6.40. The third-order valence-corrected chi connectivity index (χ3v) is 2.61. The van der Waals surface area contributed by atoms with Gasteiger partial charge < -0.3 is 10.4 Å². The maximum Gasteiger partial charge on any atom is 0.416 e. The second-order valence-electron chi connectivity index (χ2n) is 4.22. The van der Waals surface area contributed by atoms with Gasteiger partial charge in [-0.2, -0.15) is 13.2 Å². The highest BCUT2D eigenvalue weighted by molar-refractivity contribution is 6.00. The van der Waals surface area contributed by atoms with Crippen molar-refractivity contribution in [3.63, 3.8) is 0 Å². The molecule has 0 heterocycles. The molecule has 0 atom stereocenters. The molecule has 0 aliphatic carbocycles. The Morgan fingerprint density at radius 3 is 2.45 bits per heavy atom. The molecule has 0 aromatic heterocycles. The van der Waals surface area contributed by atoms with Crippen molar-refractivity contribution in [3.05, 3.63) is 29.3 Å². The number of carbonyl (C=O) groups excluding carboxylic acids is 1. The van der Waals surface area contributed by atoms with E-state index in [0.717, 1.165) is 18.6 Å². The van der Waals surface area contributed by atoms with Crippen LogP contribution in [0, 0.1) is 0 Å². The normalized spacial score (nSPS) is 11.2. The van der Waals surface area contributed by atoms with Crippen molar-refractivity contribution in [1.82, 2.24) is 0 Å². The van der Waals surface area contributed by atoms with E-state index in [9.17, 15) is 22.8 Å². The van der Waals surface area contributed by atoms with Crippen LogP contribution >= 0.6 is 0 Å². The lowest BCUT2D eigenvalue weighted by Gasteiger charge is -2.12. The largest absolute Gasteiger partial charge is 0.478 e. The van der Waals surface area contributed by atoms with Crippen molar-refractivity contribution in [3.8, 4) is 0 Å². The van der Waals surface area contributed by atoms with Gasteiger partial charge in [0.1, 0.15) is 0 Å². The number of unbranched alkanes of at least 4 members (excludes halogenated alkanes) is 1. The van der Waals surface area contributed by atoms with Gasteiger partial charge in [-0.05, 0) is 24.6 Å². The Bertz CT molecular complexity index is 512. The molecule has 0 saturated heterocycles. The topological polar surface area (TPSA) is 66.4 Å². The molecular formula is C13H14F3NO3. The van der Waals surface area contributed by atoms with E-state index in [4.69, 9.17) is 5.11 Å². The minimum absolute atomic E-state index is 0.133. The van der Waals surface area contributed by atoms with Crippen LogP contribution in [0.2, 0.25) is 0 Å². The molecule has 0 saturated carbocycles. The fourth-order valence-corrected chi connectivity index (χ4v) is 1.56. The van der Waals surface area contributed by atoms with Crippen molar-refractivity contribution in [2.24, 2.45) is 0 Å². The van der Waals surface area contributed by atoms with Gasteiger partial charge >= 0.3 is 12.1 Å². The molecule has 1 amide bonds. The van der Waals surface area contributed by atoms with Crippen molar-refractivity contribution >= 4 is 17.6 Å². The fraction of sp³-hybridized carbons (Fsp3) is 0.385. The van der Waals surface area contributed by atoms with Crippen LogP contribution in [0.1, 0.15) is 42.1 Å². The van der Waals surface area contributed by atoms with Gasteiger partial charge in [-0.25, -0.2) is 4.79 Å². The number of anilines is 1. The van der Waals surface area contributed by atoms with Crippen LogP contribution < -0.4 is 5.32 Å². The fourth-order valence-electron chi connectivity index (χ4n) is 1.56. The summed E-state index contributed by atoms with van der Waals surface area (Å²) in [5.74, 6) is -1.95. The molecule has 0 bridgehead atoms. The molecule has 20 heavy (non-hydrogen) atoms. The summed E-state index contributed by atoms with van der Waals surface area (Å²) in [5.41, 5.74) is -1.78. The molecule has 1 aromatic carbocycles. The summed E-state index contributed by atoms with van der Waals surface area (Å²) < 4.78 is 37.5. The number of benzene rings is 1. The zero-order valence-corrected chi connectivity index (χ0v) is 10.8. The van der Waals surface area contributed by atoms with Crippen LogP contribution in [0.4, 0.5) is 18.9 Å². The first-order valence-corrected chi connectivity index (χ1v) is 6.00. The van der Waals surface area contributed by atoms with Crippen molar-refractivity contribution in [1.29, 1.82) is 0 Å².